The molecule has 8 aliphatic rings. The number of hydrogen-bond acceptors (Lipinski definition) is 26. The molecule has 145 heavy (non-hydrogen) atoms. The number of thiazole rings is 2. The van der Waals surface area contributed by atoms with E-state index in [1.54, 1.807) is 117 Å². The molecule has 782 valence electrons. The van der Waals surface area contributed by atoms with Crippen molar-refractivity contribution in [1.82, 2.24) is 81.7 Å². The van der Waals surface area contributed by atoms with Crippen LogP contribution in [0.25, 0.3) is 44.9 Å². The second-order valence-electron chi connectivity index (χ2n) is 39.0. The highest BCUT2D eigenvalue weighted by Gasteiger charge is 2.48. The normalized spacial score (nSPS) is 20.1. The van der Waals surface area contributed by atoms with Gasteiger partial charge in [0.25, 0.3) is 10.0 Å². The first-order chi connectivity index (χ1) is 70.0. The Labute approximate surface area is 866 Å². The van der Waals surface area contributed by atoms with Crippen molar-refractivity contribution in [3.8, 4) is 44.9 Å². The van der Waals surface area contributed by atoms with Crippen molar-refractivity contribution in [3.63, 3.8) is 0 Å². The van der Waals surface area contributed by atoms with Gasteiger partial charge in [-0.1, -0.05) is 214 Å². The second kappa shape index (κ2) is 53.9. The molecule has 12 atom stereocenters. The molecule has 8 fully saturated rings. The average Bonchev–Trinajstić information content (AvgIpc) is 1.55. The molecular weight excluding hydrogens is 1940 g/mol. The van der Waals surface area contributed by atoms with E-state index < -0.39 is 82.4 Å². The van der Waals surface area contributed by atoms with E-state index in [1.807, 2.05) is 104 Å². The third kappa shape index (κ3) is 29.2. The molecule has 16 rings (SSSR count). The molecule has 8 heterocycles. The van der Waals surface area contributed by atoms with Gasteiger partial charge in [-0.05, 0) is 201 Å². The number of nitrogens with one attached hydrogen (secondary N) is 12. The molecule has 4 aliphatic heterocycles. The van der Waals surface area contributed by atoms with Gasteiger partial charge in [-0.25, -0.2) is 23.5 Å². The highest BCUT2D eigenvalue weighted by molar-refractivity contribution is 7.91. The Bertz CT molecular complexity index is 5630. The van der Waals surface area contributed by atoms with Gasteiger partial charge in [0.1, 0.15) is 85.4 Å². The minimum Gasteiger partial charge on any atom is -0.343 e. The molecule has 4 aliphatic carbocycles. The SMILES string of the molecule is CN[C@@H](C)C(=O)N[C@H](C(=O)N1CCC[C@H]1C(=O)Nc1sc(C)cc1-c1ccccc1)C1CCCCC1.CN[C@@H](C)C(=O)N[C@H](C(=O)N1CCC[C@H]1C(=O)Nc1sc(S(N)(=O)=O)nc1-c1ccccc1)C1CCCCC1.CN[C@@H](C)C(=O)N[C@H](C(=O)N1CCC[C@H]1C(=O)Nc1scnc1-c1ccccc1)C1CCCCC1.CN[C@H](C)C(=O)N[C@@H](C(=O)N1CCC[C@@H]1C(=O)Nc1snnc1-c1ccccc1)C1CCCCC1. The first-order valence-electron chi connectivity index (χ1n) is 51.4. The number of likely N-dealkylation sites (tertiary alicyclic amines) is 4. The number of amides is 12. The van der Waals surface area contributed by atoms with E-state index in [1.165, 1.54) is 11.3 Å². The topological polar surface area (TPSA) is 474 Å². The van der Waals surface area contributed by atoms with Crippen LogP contribution in [0.15, 0.2) is 137 Å². The molecule has 4 saturated carbocycles. The number of benzene rings is 4. The van der Waals surface area contributed by atoms with Crippen LogP contribution >= 0.6 is 45.5 Å². The molecule has 0 radical (unpaired) electrons. The molecule has 14 N–H and O–H groups in total. The molecule has 0 bridgehead atoms. The smallest absolute Gasteiger partial charge is 0.265 e. The van der Waals surface area contributed by atoms with Crippen LogP contribution in [0.4, 0.5) is 20.0 Å². The van der Waals surface area contributed by atoms with Crippen LogP contribution in [0, 0.1) is 30.6 Å². The van der Waals surface area contributed by atoms with Gasteiger partial charge in [-0.15, -0.1) is 27.8 Å². The molecule has 0 spiro atoms. The highest BCUT2D eigenvalue weighted by Crippen LogP contribution is 2.42. The zero-order chi connectivity index (χ0) is 103. The number of thiophene rings is 1. The van der Waals surface area contributed by atoms with Crippen molar-refractivity contribution in [2.24, 2.45) is 28.8 Å². The monoisotopic (exact) mass is 2080 g/mol. The number of hydrogen-bond donors (Lipinski definition) is 13. The number of rotatable bonds is 33. The molecule has 4 aromatic carbocycles. The molecule has 12 amide bonds. The molecule has 35 nitrogen and oxygen atoms in total. The summed E-state index contributed by atoms with van der Waals surface area (Å²) in [5.74, 6) is -2.22. The summed E-state index contributed by atoms with van der Waals surface area (Å²) < 4.78 is 27.7. The third-order valence-corrected chi connectivity index (χ3v) is 34.0. The zero-order valence-electron chi connectivity index (χ0n) is 84.5. The van der Waals surface area contributed by atoms with E-state index in [9.17, 15) is 66.0 Å². The van der Waals surface area contributed by atoms with Crippen molar-refractivity contribution >= 4 is 146 Å². The number of carbonyl (C=O) groups is 12. The van der Waals surface area contributed by atoms with Crippen LogP contribution in [-0.2, 0) is 67.6 Å². The molecular formula is C105H143N21O14S5. The van der Waals surface area contributed by atoms with E-state index in [4.69, 9.17) is 5.14 Å². The summed E-state index contributed by atoms with van der Waals surface area (Å²) in [4.78, 5) is 176. The largest absolute Gasteiger partial charge is 0.343 e. The number of sulfonamides is 1. The maximum absolute atomic E-state index is 13.9. The Morgan fingerprint density at radius 1 is 0.359 bits per heavy atom. The van der Waals surface area contributed by atoms with E-state index in [0.717, 1.165) is 208 Å². The fraction of sp³-hybridized carbons (Fsp3) is 0.543. The van der Waals surface area contributed by atoms with Gasteiger partial charge in [0.15, 0.2) is 0 Å². The van der Waals surface area contributed by atoms with Crippen LogP contribution in [0.2, 0.25) is 0 Å². The fourth-order valence-corrected chi connectivity index (χ4v) is 24.6. The number of nitrogens with two attached hydrogens (primary N) is 1. The van der Waals surface area contributed by atoms with Crippen LogP contribution in [-0.4, -0.2) is 245 Å². The maximum atomic E-state index is 13.9. The summed E-state index contributed by atoms with van der Waals surface area (Å²) in [6.07, 6.45) is 25.3. The number of likely N-dealkylation sites (N-methyl/N-ethyl adjacent to an activating group) is 4. The predicted octanol–water partition coefficient (Wildman–Crippen LogP) is 12.6. The zero-order valence-corrected chi connectivity index (χ0v) is 88.6. The Morgan fingerprint density at radius 2 is 0.655 bits per heavy atom. The van der Waals surface area contributed by atoms with Crippen molar-refractivity contribution in [2.45, 2.75) is 291 Å². The number of aromatic nitrogens is 4. The molecule has 4 saturated heterocycles. The van der Waals surface area contributed by atoms with Crippen molar-refractivity contribution in [1.29, 1.82) is 0 Å². The molecule has 8 aromatic rings. The summed E-state index contributed by atoms with van der Waals surface area (Å²) >= 11 is 4.83. The minimum atomic E-state index is -4.09. The lowest BCUT2D eigenvalue weighted by Gasteiger charge is -2.35. The summed E-state index contributed by atoms with van der Waals surface area (Å²) in [5, 5.41) is 47.5. The van der Waals surface area contributed by atoms with Crippen LogP contribution in [0.1, 0.15) is 212 Å². The quantitative estimate of drug-likeness (QED) is 0.0182. The maximum Gasteiger partial charge on any atom is 0.265 e. The Kier molecular flexibility index (Phi) is 41.3. The Morgan fingerprint density at radius 3 is 0.979 bits per heavy atom. The standard InChI is InChI=1S/C28H38N4O3S.C26H36N6O5S2.C26H35N5O3S.C25H34N6O3S/c1-18-17-22(20-11-6-4-7-12-20)27(36-18)31-26(34)23-15-10-16-32(23)28(35)24(21-13-8-5-9-14-21)30-25(33)19(2)29-3;1-16(28-2)22(33)29-21(18-12-7-4-8-13-18)25(35)32-15-9-14-19(32)23(34)31-24-20(17-10-5-3-6-11-17)30-26(38-24)39(27,36)37;1-17(27-2)23(32)29-22(19-12-7-4-8-13-19)26(34)31-15-9-14-20(31)24(33)30-25-21(28-16-35-25)18-10-5-3-6-11-18;1-16(26-2)22(32)27-21(18-12-7-4-8-13-18)25(34)31-15-9-14-19(31)23(33)28-24-20(29-30-35-24)17-10-5-3-6-11-17/h4,6-7,11-12,17,19,21,23-24,29H,5,8-10,13-16H2,1-3H3,(H,30,33)(H,31,34);3,5-6,10-11,16,18-19,21,28H,4,7-9,12-15H2,1-2H3,(H,29,33)(H,31,34)(H2,27,36,37);3,5-6,10-11,16-17,19-20,22,27H,4,7-9,12-15H2,1-2H3,(H,29,32)(H,30,33);3,5-6,10-11,16,18-19,21,26H,4,7-9,12-15H2,1-2H3,(H,27,32)(H,28,33)/t19-,23-,24-;16-,19-,21-;17-,20-,22-;16-,19-,21-/m0001/s1. The molecule has 0 unspecified atom stereocenters. The first kappa shape index (κ1) is 111. The lowest BCUT2D eigenvalue weighted by Crippen LogP contribution is -2.57. The van der Waals surface area contributed by atoms with Crippen LogP contribution in [0.3, 0.4) is 0 Å². The van der Waals surface area contributed by atoms with Crippen molar-refractivity contribution in [2.75, 3.05) is 75.6 Å². The lowest BCUT2D eigenvalue weighted by molar-refractivity contribution is -0.142. The number of nitrogens with zero attached hydrogens (tertiary/aromatic N) is 8. The third-order valence-electron chi connectivity index (χ3n) is 29.3. The van der Waals surface area contributed by atoms with E-state index in [0.29, 0.717) is 85.2 Å². The number of carbonyl (C=O) groups excluding carboxylic acids is 12. The molecule has 40 heteroatoms. The van der Waals surface area contributed by atoms with Crippen molar-refractivity contribution in [3.05, 3.63) is 138 Å². The van der Waals surface area contributed by atoms with Gasteiger partial charge in [-0.3, -0.25) is 57.5 Å². The predicted molar refractivity (Wildman–Crippen MR) is 568 cm³/mol. The number of anilines is 4. The number of aryl methyl sites for hydroxylation is 1. The lowest BCUT2D eigenvalue weighted by atomic mass is 9.83. The first-order valence-corrected chi connectivity index (χ1v) is 56.3. The van der Waals surface area contributed by atoms with Crippen LogP contribution < -0.4 is 68.9 Å². The van der Waals surface area contributed by atoms with Gasteiger partial charge in [0, 0.05) is 64.8 Å². The minimum absolute atomic E-state index is 0.00654. The summed E-state index contributed by atoms with van der Waals surface area (Å²) in [6, 6.07) is 33.7. The summed E-state index contributed by atoms with van der Waals surface area (Å²) in [5.41, 5.74) is 7.83. The van der Waals surface area contributed by atoms with E-state index in [2.05, 4.69) is 89.4 Å². The van der Waals surface area contributed by atoms with Gasteiger partial charge < -0.3 is 83.4 Å². The summed E-state index contributed by atoms with van der Waals surface area (Å²) in [7, 11) is 2.78. The highest BCUT2D eigenvalue weighted by atomic mass is 32.2. The summed E-state index contributed by atoms with van der Waals surface area (Å²) in [6.45, 7) is 11.1. The Hall–Kier alpha value is -11.2. The van der Waals surface area contributed by atoms with Gasteiger partial charge in [0.2, 0.25) is 75.2 Å². The van der Waals surface area contributed by atoms with Gasteiger partial charge >= 0.3 is 0 Å². The van der Waals surface area contributed by atoms with Gasteiger partial charge in [0.05, 0.1) is 29.7 Å². The second-order valence-corrected chi connectivity index (χ2v) is 44.6. The van der Waals surface area contributed by atoms with E-state index in [-0.39, 0.29) is 104 Å². The Balaban J connectivity index is 0.000000162. The molecule has 4 aromatic heterocycles. The average molecular weight is 2080 g/mol. The van der Waals surface area contributed by atoms with E-state index >= 15 is 0 Å². The fourth-order valence-electron chi connectivity index (χ4n) is 20.7. The number of primary sulfonamides is 1. The van der Waals surface area contributed by atoms with Crippen LogP contribution in [0.5, 0.6) is 0 Å². The van der Waals surface area contributed by atoms with Crippen molar-refractivity contribution < 1.29 is 66.0 Å². The van der Waals surface area contributed by atoms with Gasteiger partial charge in [-0.2, -0.15) is 0 Å².